The van der Waals surface area contributed by atoms with E-state index in [2.05, 4.69) is 39.5 Å². The normalized spacial score (nSPS) is 38.6. The second-order valence-electron chi connectivity index (χ2n) is 9.16. The van der Waals surface area contributed by atoms with Crippen LogP contribution in [0.15, 0.2) is 0 Å². The molecule has 4 unspecified atom stereocenters. The molecule has 146 valence electrons. The number of hydrogen-bond donors (Lipinski definition) is 0. The summed E-state index contributed by atoms with van der Waals surface area (Å²) in [4.78, 5) is 0. The first-order valence-corrected chi connectivity index (χ1v) is 11.4. The van der Waals surface area contributed by atoms with Crippen molar-refractivity contribution >= 4 is 11.8 Å². The fraction of sp³-hybridized carbons (Fsp3) is 1.00. The maximum Gasteiger partial charge on any atom is 0.103 e. The third kappa shape index (κ3) is 4.94. The monoisotopic (exact) mass is 370 g/mol. The van der Waals surface area contributed by atoms with E-state index in [1.807, 2.05) is 0 Å². The van der Waals surface area contributed by atoms with Gasteiger partial charge in [-0.2, -0.15) is 0 Å². The molecule has 0 spiro atoms. The summed E-state index contributed by atoms with van der Waals surface area (Å²) in [5.41, 5.74) is 0.825. The minimum atomic E-state index is 0.112. The molecule has 3 aliphatic heterocycles. The molecule has 0 bridgehead atoms. The Balaban J connectivity index is 1.46. The number of hydrogen-bond acceptors (Lipinski definition) is 4. The van der Waals surface area contributed by atoms with Crippen molar-refractivity contribution in [2.24, 2.45) is 17.3 Å². The van der Waals surface area contributed by atoms with Crippen LogP contribution < -0.4 is 0 Å². The van der Waals surface area contributed by atoms with E-state index in [1.54, 1.807) is 0 Å². The van der Waals surface area contributed by atoms with E-state index in [-0.39, 0.29) is 5.60 Å². The van der Waals surface area contributed by atoms with Crippen LogP contribution in [0.4, 0.5) is 0 Å². The third-order valence-corrected chi connectivity index (χ3v) is 8.79. The van der Waals surface area contributed by atoms with Gasteiger partial charge in [-0.25, -0.2) is 0 Å². The van der Waals surface area contributed by atoms with Crippen molar-refractivity contribution in [3.63, 3.8) is 0 Å². The van der Waals surface area contributed by atoms with Gasteiger partial charge in [0.2, 0.25) is 0 Å². The van der Waals surface area contributed by atoms with Gasteiger partial charge >= 0.3 is 0 Å². The fourth-order valence-electron chi connectivity index (χ4n) is 4.58. The Kier molecular flexibility index (Phi) is 6.79. The van der Waals surface area contributed by atoms with Crippen molar-refractivity contribution in [1.29, 1.82) is 0 Å². The Bertz CT molecular complexity index is 403. The lowest BCUT2D eigenvalue weighted by atomic mass is 9.65. The van der Waals surface area contributed by atoms with Crippen molar-refractivity contribution in [3.8, 4) is 0 Å². The standard InChI is InChI=1S/C21H38O3S/c1-5-21(4)11-8-17(15-24-21)20(2,3)16-6-7-19(23-14-16)25-18-9-12-22-13-10-18/h16-19H,5-15H2,1-4H3. The molecule has 25 heavy (non-hydrogen) atoms. The van der Waals surface area contributed by atoms with Crippen molar-refractivity contribution in [2.45, 2.75) is 88.9 Å². The second kappa shape index (κ2) is 8.50. The summed E-state index contributed by atoms with van der Waals surface area (Å²) in [5, 5.41) is 0.738. The van der Waals surface area contributed by atoms with Gasteiger partial charge in [0.1, 0.15) is 5.44 Å². The number of rotatable bonds is 5. The Morgan fingerprint density at radius 1 is 1.00 bits per heavy atom. The maximum absolute atomic E-state index is 6.31. The molecular weight excluding hydrogens is 332 g/mol. The van der Waals surface area contributed by atoms with Crippen molar-refractivity contribution in [3.05, 3.63) is 0 Å². The summed E-state index contributed by atoms with van der Waals surface area (Å²) in [7, 11) is 0. The van der Waals surface area contributed by atoms with Gasteiger partial charge in [-0.3, -0.25) is 0 Å². The Morgan fingerprint density at radius 3 is 2.28 bits per heavy atom. The van der Waals surface area contributed by atoms with Gasteiger partial charge < -0.3 is 14.2 Å². The molecule has 3 aliphatic rings. The van der Waals surface area contributed by atoms with Crippen LogP contribution in [0.25, 0.3) is 0 Å². The molecule has 4 heteroatoms. The Hall–Kier alpha value is 0.230. The van der Waals surface area contributed by atoms with E-state index in [4.69, 9.17) is 14.2 Å². The zero-order valence-corrected chi connectivity index (χ0v) is 17.5. The molecule has 0 radical (unpaired) electrons. The molecule has 3 heterocycles. The van der Waals surface area contributed by atoms with Gasteiger partial charge in [0.05, 0.1) is 18.8 Å². The SMILES string of the molecule is CCC1(C)CCC(C(C)(C)C2CCC(SC3CCOCC3)OC2)CO1. The van der Waals surface area contributed by atoms with Crippen LogP contribution in [0.2, 0.25) is 0 Å². The summed E-state index contributed by atoms with van der Waals surface area (Å²) in [6.45, 7) is 13.1. The minimum absolute atomic E-state index is 0.112. The van der Waals surface area contributed by atoms with Gasteiger partial charge in [-0.1, -0.05) is 20.8 Å². The molecule has 0 aromatic carbocycles. The molecule has 3 saturated heterocycles. The maximum atomic E-state index is 6.31. The summed E-state index contributed by atoms with van der Waals surface area (Å²) in [6, 6.07) is 0. The van der Waals surface area contributed by atoms with E-state index in [0.717, 1.165) is 38.1 Å². The van der Waals surface area contributed by atoms with Crippen LogP contribution in [-0.4, -0.2) is 42.7 Å². The molecule has 0 aliphatic carbocycles. The van der Waals surface area contributed by atoms with Gasteiger partial charge in [0, 0.05) is 18.5 Å². The summed E-state index contributed by atoms with van der Waals surface area (Å²) in [6.07, 6.45) is 8.51. The van der Waals surface area contributed by atoms with E-state index < -0.39 is 0 Å². The topological polar surface area (TPSA) is 27.7 Å². The van der Waals surface area contributed by atoms with Crippen LogP contribution in [0, 0.1) is 17.3 Å². The molecular formula is C21H38O3S. The summed E-state index contributed by atoms with van der Waals surface area (Å²) < 4.78 is 18.1. The first-order valence-electron chi connectivity index (χ1n) is 10.4. The van der Waals surface area contributed by atoms with Crippen molar-refractivity contribution in [2.75, 3.05) is 26.4 Å². The molecule has 0 amide bonds. The molecule has 0 aromatic rings. The van der Waals surface area contributed by atoms with Gasteiger partial charge in [-0.15, -0.1) is 11.8 Å². The predicted octanol–water partition coefficient (Wildman–Crippen LogP) is 5.27. The van der Waals surface area contributed by atoms with Crippen LogP contribution in [0.1, 0.15) is 72.6 Å². The molecule has 3 fully saturated rings. The van der Waals surface area contributed by atoms with Gasteiger partial charge in [0.25, 0.3) is 0 Å². The molecule has 3 rings (SSSR count). The van der Waals surface area contributed by atoms with E-state index in [1.165, 1.54) is 38.5 Å². The second-order valence-corrected chi connectivity index (χ2v) is 10.6. The Morgan fingerprint density at radius 2 is 1.72 bits per heavy atom. The lowest BCUT2D eigenvalue weighted by molar-refractivity contribution is -0.132. The summed E-state index contributed by atoms with van der Waals surface area (Å²) in [5.74, 6) is 1.33. The average Bonchev–Trinajstić information content (AvgIpc) is 2.63. The molecule has 0 saturated carbocycles. The lowest BCUT2D eigenvalue weighted by Gasteiger charge is -2.48. The largest absolute Gasteiger partial charge is 0.381 e. The van der Waals surface area contributed by atoms with E-state index in [9.17, 15) is 0 Å². The zero-order valence-electron chi connectivity index (χ0n) is 16.7. The fourth-order valence-corrected chi connectivity index (χ4v) is 5.91. The predicted molar refractivity (Wildman–Crippen MR) is 105 cm³/mol. The van der Waals surface area contributed by atoms with Crippen LogP contribution in [-0.2, 0) is 14.2 Å². The zero-order chi connectivity index (χ0) is 17.9. The van der Waals surface area contributed by atoms with Gasteiger partial charge in [-0.05, 0) is 69.1 Å². The van der Waals surface area contributed by atoms with Crippen molar-refractivity contribution in [1.82, 2.24) is 0 Å². The quantitative estimate of drug-likeness (QED) is 0.659. The molecule has 0 aromatic heterocycles. The first kappa shape index (κ1) is 20.0. The van der Waals surface area contributed by atoms with Crippen LogP contribution in [0.5, 0.6) is 0 Å². The lowest BCUT2D eigenvalue weighted by Crippen LogP contribution is -2.46. The van der Waals surface area contributed by atoms with E-state index in [0.29, 0.717) is 22.7 Å². The number of ether oxygens (including phenoxy) is 3. The highest BCUT2D eigenvalue weighted by atomic mass is 32.2. The van der Waals surface area contributed by atoms with Gasteiger partial charge in [0.15, 0.2) is 0 Å². The highest BCUT2D eigenvalue weighted by molar-refractivity contribution is 8.00. The summed E-state index contributed by atoms with van der Waals surface area (Å²) >= 11 is 2.07. The van der Waals surface area contributed by atoms with Crippen LogP contribution >= 0.6 is 11.8 Å². The van der Waals surface area contributed by atoms with E-state index >= 15 is 0 Å². The smallest absolute Gasteiger partial charge is 0.103 e. The van der Waals surface area contributed by atoms with Crippen LogP contribution in [0.3, 0.4) is 0 Å². The molecule has 3 nitrogen and oxygen atoms in total. The third-order valence-electron chi connectivity index (χ3n) is 7.25. The number of thioether (sulfide) groups is 1. The highest BCUT2D eigenvalue weighted by Gasteiger charge is 2.43. The minimum Gasteiger partial charge on any atom is -0.381 e. The molecule has 4 atom stereocenters. The highest BCUT2D eigenvalue weighted by Crippen LogP contribution is 2.47. The molecule has 0 N–H and O–H groups in total. The average molecular weight is 371 g/mol. The first-order chi connectivity index (χ1) is 11.9. The Labute approximate surface area is 158 Å². The van der Waals surface area contributed by atoms with Crippen molar-refractivity contribution < 1.29 is 14.2 Å².